The molecule has 0 aromatic heterocycles. The van der Waals surface area contributed by atoms with Crippen LogP contribution < -0.4 is 0 Å². The van der Waals surface area contributed by atoms with Crippen molar-refractivity contribution < 1.29 is 14.3 Å². The molecule has 1 heterocycles. The van der Waals surface area contributed by atoms with E-state index in [1.165, 1.54) is 0 Å². The number of ether oxygens (including phenoxy) is 1. The van der Waals surface area contributed by atoms with Gasteiger partial charge in [0.05, 0.1) is 0 Å². The molecule has 4 atom stereocenters. The van der Waals surface area contributed by atoms with Crippen molar-refractivity contribution in [1.29, 1.82) is 0 Å². The standard InChI is InChI=1S/C15H16O3/c1-8-10-7-15(3)5-4-12(16)9(2)11(15)6-13(10)18-14(8)17/h4-5,10-11,13H,1-2,6-7H2,3H3. The molecule has 3 nitrogen and oxygen atoms in total. The van der Waals surface area contributed by atoms with Crippen LogP contribution >= 0.6 is 0 Å². The lowest BCUT2D eigenvalue weighted by molar-refractivity contribution is -0.141. The van der Waals surface area contributed by atoms with Crippen molar-refractivity contribution >= 4 is 11.8 Å². The minimum atomic E-state index is -0.284. The number of fused-ring (bicyclic) bond motifs is 2. The highest BCUT2D eigenvalue weighted by molar-refractivity contribution is 6.05. The summed E-state index contributed by atoms with van der Waals surface area (Å²) in [6.07, 6.45) is 4.94. The Balaban J connectivity index is 1.99. The summed E-state index contributed by atoms with van der Waals surface area (Å²) in [5.41, 5.74) is 1.12. The van der Waals surface area contributed by atoms with Crippen molar-refractivity contribution in [2.45, 2.75) is 25.9 Å². The summed E-state index contributed by atoms with van der Waals surface area (Å²) < 4.78 is 5.34. The zero-order chi connectivity index (χ0) is 13.1. The summed E-state index contributed by atoms with van der Waals surface area (Å²) in [5.74, 6) is -0.119. The van der Waals surface area contributed by atoms with E-state index < -0.39 is 0 Å². The number of hydrogen-bond donors (Lipinski definition) is 0. The molecule has 2 fully saturated rings. The van der Waals surface area contributed by atoms with Crippen molar-refractivity contribution in [3.63, 3.8) is 0 Å². The quantitative estimate of drug-likeness (QED) is 0.484. The van der Waals surface area contributed by atoms with Gasteiger partial charge < -0.3 is 4.74 Å². The molecule has 4 unspecified atom stereocenters. The average Bonchev–Trinajstić information content (AvgIpc) is 2.59. The second-order valence-corrected chi connectivity index (χ2v) is 5.80. The number of carbonyl (C=O) groups is 2. The maximum atomic E-state index is 11.7. The Hall–Kier alpha value is -1.64. The first-order valence-corrected chi connectivity index (χ1v) is 6.24. The van der Waals surface area contributed by atoms with Crippen LogP contribution in [0, 0.1) is 17.3 Å². The third-order valence-corrected chi connectivity index (χ3v) is 4.69. The Morgan fingerprint density at radius 3 is 2.78 bits per heavy atom. The van der Waals surface area contributed by atoms with Gasteiger partial charge in [0.2, 0.25) is 0 Å². The Morgan fingerprint density at radius 2 is 2.06 bits per heavy atom. The van der Waals surface area contributed by atoms with Crippen LogP contribution in [0.4, 0.5) is 0 Å². The Labute approximate surface area is 106 Å². The van der Waals surface area contributed by atoms with E-state index in [2.05, 4.69) is 20.1 Å². The normalized spacial score (nSPS) is 42.6. The number of esters is 1. The topological polar surface area (TPSA) is 43.4 Å². The zero-order valence-corrected chi connectivity index (χ0v) is 10.4. The fraction of sp³-hybridized carbons (Fsp3) is 0.467. The van der Waals surface area contributed by atoms with E-state index in [0.29, 0.717) is 17.6 Å². The van der Waals surface area contributed by atoms with Gasteiger partial charge in [0, 0.05) is 11.5 Å². The number of ketones is 1. The third kappa shape index (κ3) is 1.36. The first-order valence-electron chi connectivity index (χ1n) is 6.24. The number of hydrogen-bond acceptors (Lipinski definition) is 3. The van der Waals surface area contributed by atoms with Gasteiger partial charge in [-0.25, -0.2) is 4.79 Å². The molecule has 1 aliphatic heterocycles. The van der Waals surface area contributed by atoms with Crippen LogP contribution in [-0.2, 0) is 14.3 Å². The molecule has 18 heavy (non-hydrogen) atoms. The van der Waals surface area contributed by atoms with Crippen molar-refractivity contribution in [3.8, 4) is 0 Å². The van der Waals surface area contributed by atoms with Crippen molar-refractivity contribution in [2.75, 3.05) is 0 Å². The molecule has 0 aromatic carbocycles. The number of carbonyl (C=O) groups excluding carboxylic acids is 2. The highest BCUT2D eigenvalue weighted by atomic mass is 16.6. The fourth-order valence-corrected chi connectivity index (χ4v) is 3.53. The second kappa shape index (κ2) is 3.44. The van der Waals surface area contributed by atoms with Crippen LogP contribution in [-0.4, -0.2) is 17.9 Å². The predicted octanol–water partition coefficient (Wildman–Crippen LogP) is 2.20. The lowest BCUT2D eigenvalue weighted by Gasteiger charge is -2.46. The number of rotatable bonds is 0. The summed E-state index contributed by atoms with van der Waals surface area (Å²) in [5, 5.41) is 0. The minimum absolute atomic E-state index is 0.000856. The van der Waals surface area contributed by atoms with E-state index in [-0.39, 0.29) is 35.1 Å². The SMILES string of the molecule is C=C1C(=O)OC2CC3C(=C)C(=O)C=CC3(C)CC12. The van der Waals surface area contributed by atoms with E-state index in [4.69, 9.17) is 4.74 Å². The first-order chi connectivity index (χ1) is 8.42. The molecule has 3 heteroatoms. The smallest absolute Gasteiger partial charge is 0.334 e. The Morgan fingerprint density at radius 1 is 1.33 bits per heavy atom. The molecule has 0 N–H and O–H groups in total. The van der Waals surface area contributed by atoms with Crippen molar-refractivity contribution in [1.82, 2.24) is 0 Å². The van der Waals surface area contributed by atoms with Gasteiger partial charge in [0.1, 0.15) is 6.10 Å². The molecule has 0 amide bonds. The van der Waals surface area contributed by atoms with E-state index in [1.54, 1.807) is 6.08 Å². The van der Waals surface area contributed by atoms with Gasteiger partial charge in [0.25, 0.3) is 0 Å². The van der Waals surface area contributed by atoms with Crippen LogP contribution in [0.1, 0.15) is 19.8 Å². The van der Waals surface area contributed by atoms with E-state index >= 15 is 0 Å². The van der Waals surface area contributed by atoms with Gasteiger partial charge in [-0.05, 0) is 35.8 Å². The molecular formula is C15H16O3. The van der Waals surface area contributed by atoms with Crippen molar-refractivity contribution in [3.05, 3.63) is 36.5 Å². The maximum Gasteiger partial charge on any atom is 0.334 e. The highest BCUT2D eigenvalue weighted by Crippen LogP contribution is 2.53. The molecule has 94 valence electrons. The molecular weight excluding hydrogens is 228 g/mol. The molecule has 0 spiro atoms. The summed E-state index contributed by atoms with van der Waals surface area (Å²) in [6, 6.07) is 0. The Kier molecular flexibility index (Phi) is 2.19. The molecule has 3 rings (SSSR count). The predicted molar refractivity (Wildman–Crippen MR) is 66.6 cm³/mol. The molecule has 0 radical (unpaired) electrons. The van der Waals surface area contributed by atoms with Crippen LogP contribution in [0.3, 0.4) is 0 Å². The van der Waals surface area contributed by atoms with E-state index in [1.807, 2.05) is 6.08 Å². The maximum absolute atomic E-state index is 11.7. The summed E-state index contributed by atoms with van der Waals surface area (Å²) in [6.45, 7) is 9.87. The van der Waals surface area contributed by atoms with Gasteiger partial charge in [-0.2, -0.15) is 0 Å². The second-order valence-electron chi connectivity index (χ2n) is 5.80. The lowest BCUT2D eigenvalue weighted by atomic mass is 9.58. The van der Waals surface area contributed by atoms with Crippen LogP contribution in [0.15, 0.2) is 36.5 Å². The largest absolute Gasteiger partial charge is 0.458 e. The summed E-state index contributed by atoms with van der Waals surface area (Å²) in [7, 11) is 0. The van der Waals surface area contributed by atoms with Crippen LogP contribution in [0.2, 0.25) is 0 Å². The van der Waals surface area contributed by atoms with Crippen LogP contribution in [0.25, 0.3) is 0 Å². The Bertz CT molecular complexity index is 514. The average molecular weight is 244 g/mol. The minimum Gasteiger partial charge on any atom is -0.458 e. The monoisotopic (exact) mass is 244 g/mol. The molecule has 1 saturated carbocycles. The van der Waals surface area contributed by atoms with Gasteiger partial charge in [-0.3, -0.25) is 4.79 Å². The molecule has 0 bridgehead atoms. The van der Waals surface area contributed by atoms with Gasteiger partial charge in [-0.1, -0.05) is 26.2 Å². The third-order valence-electron chi connectivity index (χ3n) is 4.69. The van der Waals surface area contributed by atoms with Gasteiger partial charge in [-0.15, -0.1) is 0 Å². The molecule has 2 aliphatic carbocycles. The first kappa shape index (κ1) is 11.5. The van der Waals surface area contributed by atoms with Gasteiger partial charge >= 0.3 is 5.97 Å². The van der Waals surface area contributed by atoms with Gasteiger partial charge in [0.15, 0.2) is 5.78 Å². The highest BCUT2D eigenvalue weighted by Gasteiger charge is 2.52. The number of allylic oxidation sites excluding steroid dienone is 3. The fourth-order valence-electron chi connectivity index (χ4n) is 3.53. The molecule has 0 aromatic rings. The van der Waals surface area contributed by atoms with E-state index in [0.717, 1.165) is 6.42 Å². The van der Waals surface area contributed by atoms with Crippen molar-refractivity contribution in [2.24, 2.45) is 17.3 Å². The molecule has 3 aliphatic rings. The summed E-state index contributed by atoms with van der Waals surface area (Å²) >= 11 is 0. The summed E-state index contributed by atoms with van der Waals surface area (Å²) in [4.78, 5) is 23.3. The van der Waals surface area contributed by atoms with E-state index in [9.17, 15) is 9.59 Å². The molecule has 1 saturated heterocycles. The zero-order valence-electron chi connectivity index (χ0n) is 10.4. The lowest BCUT2D eigenvalue weighted by Crippen LogP contribution is -2.43. The van der Waals surface area contributed by atoms with Crippen LogP contribution in [0.5, 0.6) is 0 Å².